The standard InChI is InChI=1S/C19H26F6O5/c1-16(2,9-14(26)29-3)15(27)30-13-6-10-4-11(7-13)12(5-10)8-17(28,18(20,21)22)19(23,24)25/h10-13,28H,4-9H2,1-3H3. The lowest BCUT2D eigenvalue weighted by Gasteiger charge is -2.36. The molecule has 2 aliphatic rings. The molecular formula is C19H26F6O5. The summed E-state index contributed by atoms with van der Waals surface area (Å²) in [6.07, 6.45) is -13.1. The molecule has 0 radical (unpaired) electrons. The predicted molar refractivity (Wildman–Crippen MR) is 90.9 cm³/mol. The smallest absolute Gasteiger partial charge is 0.426 e. The van der Waals surface area contributed by atoms with Crippen molar-refractivity contribution in [3.05, 3.63) is 0 Å². The molecule has 2 fully saturated rings. The second-order valence-corrected chi connectivity index (χ2v) is 9.05. The molecule has 5 nitrogen and oxygen atoms in total. The third-order valence-corrected chi connectivity index (χ3v) is 6.24. The number of hydrogen-bond acceptors (Lipinski definition) is 5. The molecular weight excluding hydrogens is 422 g/mol. The Kier molecular flexibility index (Phi) is 6.76. The molecule has 0 saturated heterocycles. The molecule has 2 saturated carbocycles. The van der Waals surface area contributed by atoms with Gasteiger partial charge in [-0.05, 0) is 63.7 Å². The van der Waals surface area contributed by atoms with Crippen LogP contribution in [-0.2, 0) is 19.1 Å². The SMILES string of the molecule is COC(=O)CC(C)(C)C(=O)OC1CC2CC(C1)C(CC(O)(C(F)(F)F)C(F)(F)F)C2. The summed E-state index contributed by atoms with van der Waals surface area (Å²) in [5.74, 6) is -3.00. The van der Waals surface area contributed by atoms with Gasteiger partial charge in [-0.15, -0.1) is 0 Å². The Morgan fingerprint density at radius 2 is 1.53 bits per heavy atom. The van der Waals surface area contributed by atoms with E-state index in [2.05, 4.69) is 4.74 Å². The molecule has 0 heterocycles. The maximum atomic E-state index is 13.0. The summed E-state index contributed by atoms with van der Waals surface area (Å²) in [5.41, 5.74) is -5.95. The Balaban J connectivity index is 2.06. The van der Waals surface area contributed by atoms with E-state index in [1.165, 1.54) is 21.0 Å². The molecule has 1 N–H and O–H groups in total. The van der Waals surface area contributed by atoms with E-state index in [1.54, 1.807) is 0 Å². The summed E-state index contributed by atoms with van der Waals surface area (Å²) in [6.45, 7) is 2.97. The van der Waals surface area contributed by atoms with Crippen molar-refractivity contribution in [2.75, 3.05) is 7.11 Å². The van der Waals surface area contributed by atoms with E-state index in [0.717, 1.165) is 0 Å². The van der Waals surface area contributed by atoms with Crippen molar-refractivity contribution >= 4 is 11.9 Å². The molecule has 11 heteroatoms. The van der Waals surface area contributed by atoms with Crippen molar-refractivity contribution < 1.29 is 50.5 Å². The number of methoxy groups -OCH3 is 1. The Hall–Kier alpha value is -1.52. The van der Waals surface area contributed by atoms with Crippen LogP contribution in [-0.4, -0.2) is 48.2 Å². The zero-order valence-corrected chi connectivity index (χ0v) is 16.9. The monoisotopic (exact) mass is 448 g/mol. The molecule has 4 atom stereocenters. The van der Waals surface area contributed by atoms with Crippen molar-refractivity contribution in [2.24, 2.45) is 23.2 Å². The second kappa shape index (κ2) is 8.20. The average Bonchev–Trinajstić information content (AvgIpc) is 2.85. The Bertz CT molecular complexity index is 643. The zero-order valence-electron chi connectivity index (χ0n) is 16.9. The fourth-order valence-electron chi connectivity index (χ4n) is 4.56. The minimum Gasteiger partial charge on any atom is -0.469 e. The first kappa shape index (κ1) is 24.7. The largest absolute Gasteiger partial charge is 0.469 e. The highest BCUT2D eigenvalue weighted by atomic mass is 19.4. The van der Waals surface area contributed by atoms with E-state index < -0.39 is 59.7 Å². The maximum Gasteiger partial charge on any atom is 0.426 e. The number of alkyl halides is 6. The lowest BCUT2D eigenvalue weighted by Crippen LogP contribution is -2.58. The van der Waals surface area contributed by atoms with Gasteiger partial charge in [0.2, 0.25) is 0 Å². The van der Waals surface area contributed by atoms with Gasteiger partial charge in [-0.25, -0.2) is 0 Å². The van der Waals surface area contributed by atoms with E-state index in [4.69, 9.17) is 4.74 Å². The van der Waals surface area contributed by atoms with Gasteiger partial charge in [-0.2, -0.15) is 26.3 Å². The molecule has 30 heavy (non-hydrogen) atoms. The number of carbonyl (C=O) groups excluding carboxylic acids is 2. The Morgan fingerprint density at radius 1 is 0.967 bits per heavy atom. The van der Waals surface area contributed by atoms with Crippen LogP contribution in [0.4, 0.5) is 26.3 Å². The second-order valence-electron chi connectivity index (χ2n) is 9.05. The third kappa shape index (κ3) is 5.03. The van der Waals surface area contributed by atoms with Crippen LogP contribution < -0.4 is 0 Å². The van der Waals surface area contributed by atoms with Gasteiger partial charge < -0.3 is 14.6 Å². The van der Waals surface area contributed by atoms with Gasteiger partial charge in [-0.1, -0.05) is 0 Å². The van der Waals surface area contributed by atoms with Crippen LogP contribution in [0.25, 0.3) is 0 Å². The number of halogens is 6. The molecule has 174 valence electrons. The molecule has 2 rings (SSSR count). The summed E-state index contributed by atoms with van der Waals surface area (Å²) in [7, 11) is 1.17. The van der Waals surface area contributed by atoms with Crippen LogP contribution in [0.3, 0.4) is 0 Å². The van der Waals surface area contributed by atoms with Gasteiger partial charge >= 0.3 is 24.3 Å². The van der Waals surface area contributed by atoms with Crippen molar-refractivity contribution in [2.45, 2.75) is 76.4 Å². The van der Waals surface area contributed by atoms with Crippen LogP contribution >= 0.6 is 0 Å². The van der Waals surface area contributed by atoms with E-state index in [9.17, 15) is 41.0 Å². The van der Waals surface area contributed by atoms with Crippen LogP contribution in [0.2, 0.25) is 0 Å². The predicted octanol–water partition coefficient (Wildman–Crippen LogP) is 4.17. The lowest BCUT2D eigenvalue weighted by atomic mass is 9.80. The van der Waals surface area contributed by atoms with Gasteiger partial charge in [0, 0.05) is 0 Å². The highest BCUT2D eigenvalue weighted by molar-refractivity contribution is 5.82. The van der Waals surface area contributed by atoms with Crippen LogP contribution in [0, 0.1) is 23.2 Å². The minimum absolute atomic E-state index is 0.0960. The number of hydrogen-bond donors (Lipinski definition) is 1. The molecule has 0 aromatic heterocycles. The van der Waals surface area contributed by atoms with Gasteiger partial charge in [0.1, 0.15) is 6.10 Å². The molecule has 0 spiro atoms. The quantitative estimate of drug-likeness (QED) is 0.488. The van der Waals surface area contributed by atoms with Crippen molar-refractivity contribution in [3.63, 3.8) is 0 Å². The Labute approximate surface area is 170 Å². The number of aliphatic hydroxyl groups is 1. The summed E-state index contributed by atoms with van der Waals surface area (Å²) in [4.78, 5) is 23.9. The normalized spacial score (nSPS) is 27.7. The average molecular weight is 448 g/mol. The summed E-state index contributed by atoms with van der Waals surface area (Å²) in [6, 6.07) is 0. The zero-order chi connectivity index (χ0) is 23.1. The van der Waals surface area contributed by atoms with E-state index >= 15 is 0 Å². The molecule has 2 bridgehead atoms. The van der Waals surface area contributed by atoms with E-state index in [-0.39, 0.29) is 25.2 Å². The van der Waals surface area contributed by atoms with Gasteiger partial charge in [-0.3, -0.25) is 9.59 Å². The fourth-order valence-corrected chi connectivity index (χ4v) is 4.56. The van der Waals surface area contributed by atoms with Crippen LogP contribution in [0.1, 0.15) is 52.4 Å². The number of esters is 2. The van der Waals surface area contributed by atoms with Gasteiger partial charge in [0.05, 0.1) is 18.9 Å². The van der Waals surface area contributed by atoms with E-state index in [0.29, 0.717) is 12.8 Å². The number of fused-ring (bicyclic) bond motifs is 2. The van der Waals surface area contributed by atoms with Crippen molar-refractivity contribution in [1.29, 1.82) is 0 Å². The molecule has 0 aromatic rings. The number of rotatable bonds is 6. The minimum atomic E-state index is -5.84. The highest BCUT2D eigenvalue weighted by Crippen LogP contribution is 2.54. The van der Waals surface area contributed by atoms with Crippen molar-refractivity contribution in [1.82, 2.24) is 0 Å². The maximum absolute atomic E-state index is 13.0. The summed E-state index contributed by atoms with van der Waals surface area (Å²) >= 11 is 0. The Morgan fingerprint density at radius 3 is 2.03 bits per heavy atom. The van der Waals surface area contributed by atoms with Crippen molar-refractivity contribution in [3.8, 4) is 0 Å². The van der Waals surface area contributed by atoms with E-state index in [1.807, 2.05) is 0 Å². The molecule has 4 unspecified atom stereocenters. The molecule has 0 amide bonds. The summed E-state index contributed by atoms with van der Waals surface area (Å²) in [5, 5.41) is 9.51. The first-order valence-electron chi connectivity index (χ1n) is 9.64. The first-order valence-corrected chi connectivity index (χ1v) is 9.64. The highest BCUT2D eigenvalue weighted by Gasteiger charge is 2.71. The van der Waals surface area contributed by atoms with Crippen LogP contribution in [0.15, 0.2) is 0 Å². The number of carbonyl (C=O) groups is 2. The molecule has 0 aliphatic heterocycles. The molecule has 0 aromatic carbocycles. The van der Waals surface area contributed by atoms with Crippen LogP contribution in [0.5, 0.6) is 0 Å². The van der Waals surface area contributed by atoms with Gasteiger partial charge in [0.25, 0.3) is 5.60 Å². The summed E-state index contributed by atoms with van der Waals surface area (Å²) < 4.78 is 88.2. The third-order valence-electron chi connectivity index (χ3n) is 6.24. The topological polar surface area (TPSA) is 72.8 Å². The van der Waals surface area contributed by atoms with Gasteiger partial charge in [0.15, 0.2) is 0 Å². The number of ether oxygens (including phenoxy) is 2. The molecule has 2 aliphatic carbocycles. The fraction of sp³-hybridized carbons (Fsp3) is 0.895. The first-order chi connectivity index (χ1) is 13.5. The lowest BCUT2D eigenvalue weighted by molar-refractivity contribution is -0.373.